The number of hydrogen-bond acceptors (Lipinski definition) is 10. The highest BCUT2D eigenvalue weighted by atomic mass is 32.2. The maximum Gasteiger partial charge on any atom is 0.472 e. The van der Waals surface area contributed by atoms with Crippen molar-refractivity contribution in [3.8, 4) is 0 Å². The molecule has 0 bridgehead atoms. The lowest BCUT2D eigenvalue weighted by Crippen LogP contribution is -2.35. The number of carbonyl (C=O) groups is 3. The summed E-state index contributed by atoms with van der Waals surface area (Å²) in [6, 6.07) is 0. The van der Waals surface area contributed by atoms with Gasteiger partial charge in [-0.15, -0.1) is 0 Å². The van der Waals surface area contributed by atoms with Crippen LogP contribution < -0.4 is 10.6 Å². The third kappa shape index (κ3) is 16.0. The Morgan fingerprint density at radius 3 is 2.42 bits per heavy atom. The first kappa shape index (κ1) is 29.6. The summed E-state index contributed by atoms with van der Waals surface area (Å²) in [6.45, 7) is 6.33. The normalized spacial score (nSPS) is 14.3. The molecule has 12 nitrogen and oxygen atoms in total. The van der Waals surface area contributed by atoms with E-state index in [1.807, 2.05) is 6.92 Å². The van der Waals surface area contributed by atoms with Crippen molar-refractivity contribution in [1.29, 1.82) is 0 Å². The highest BCUT2D eigenvalue weighted by molar-refractivity contribution is 8.13. The minimum Gasteiger partial charge on any atom is -0.448 e. The Bertz CT molecular complexity index is 620. The maximum absolute atomic E-state index is 12.0. The van der Waals surface area contributed by atoms with Crippen LogP contribution in [0.1, 0.15) is 34.1 Å². The Kier molecular flexibility index (Phi) is 14.8. The molecule has 0 aliphatic carbocycles. The minimum absolute atomic E-state index is 0.0275. The number of phosphoric acid groups is 1. The van der Waals surface area contributed by atoms with Crippen molar-refractivity contribution in [2.24, 2.45) is 0 Å². The third-order valence-electron chi connectivity index (χ3n) is 3.35. The second-order valence-corrected chi connectivity index (χ2v) is 9.24. The summed E-state index contributed by atoms with van der Waals surface area (Å²) in [5.41, 5.74) is -0.631. The summed E-state index contributed by atoms with van der Waals surface area (Å²) in [7, 11) is -3.15. The molecule has 2 unspecified atom stereocenters. The van der Waals surface area contributed by atoms with Gasteiger partial charge in [-0.3, -0.25) is 13.8 Å². The molecule has 182 valence electrons. The Hall–Kier alpha value is -1.37. The Morgan fingerprint density at radius 1 is 1.16 bits per heavy atom. The molecule has 0 heterocycles. The van der Waals surface area contributed by atoms with Gasteiger partial charge in [0, 0.05) is 26.0 Å². The van der Waals surface area contributed by atoms with E-state index < -0.39 is 37.5 Å². The molecular formula is C17H33N2O10PS. The number of ether oxygens (including phenoxy) is 3. The molecule has 0 aliphatic rings. The zero-order valence-electron chi connectivity index (χ0n) is 18.5. The van der Waals surface area contributed by atoms with E-state index in [9.17, 15) is 23.8 Å². The van der Waals surface area contributed by atoms with E-state index in [2.05, 4.69) is 10.6 Å². The topological polar surface area (TPSA) is 159 Å². The van der Waals surface area contributed by atoms with E-state index in [1.165, 1.54) is 7.05 Å². The van der Waals surface area contributed by atoms with Crippen LogP contribution in [0.25, 0.3) is 0 Å². The maximum atomic E-state index is 12.0. The number of alkyl carbamates (subject to hydrolysis) is 1. The lowest BCUT2D eigenvalue weighted by Gasteiger charge is -2.23. The second-order valence-electron chi connectivity index (χ2n) is 6.59. The van der Waals surface area contributed by atoms with Crippen molar-refractivity contribution in [2.75, 3.05) is 45.8 Å². The predicted molar refractivity (Wildman–Crippen MR) is 114 cm³/mol. The van der Waals surface area contributed by atoms with Gasteiger partial charge >= 0.3 is 19.2 Å². The van der Waals surface area contributed by atoms with Crippen molar-refractivity contribution in [2.45, 2.75) is 45.8 Å². The molecule has 0 fully saturated rings. The number of amides is 2. The molecule has 0 rings (SSSR count). The number of phosphoric ester groups is 1. The first-order valence-electron chi connectivity index (χ1n) is 9.65. The van der Waals surface area contributed by atoms with Crippen LogP contribution in [0.4, 0.5) is 9.59 Å². The summed E-state index contributed by atoms with van der Waals surface area (Å²) < 4.78 is 36.9. The molecule has 14 heteroatoms. The van der Waals surface area contributed by atoms with Gasteiger partial charge in [-0.05, 0) is 32.5 Å². The monoisotopic (exact) mass is 488 g/mol. The largest absolute Gasteiger partial charge is 0.472 e. The quantitative estimate of drug-likeness (QED) is 0.176. The average molecular weight is 488 g/mol. The van der Waals surface area contributed by atoms with Gasteiger partial charge in [-0.1, -0.05) is 6.92 Å². The predicted octanol–water partition coefficient (Wildman–Crippen LogP) is 2.06. The smallest absolute Gasteiger partial charge is 0.448 e. The van der Waals surface area contributed by atoms with Crippen LogP contribution in [0, 0.1) is 0 Å². The van der Waals surface area contributed by atoms with Crippen LogP contribution in [0.5, 0.6) is 0 Å². The Labute approximate surface area is 186 Å². The van der Waals surface area contributed by atoms with E-state index >= 15 is 0 Å². The minimum atomic E-state index is -4.50. The van der Waals surface area contributed by atoms with Gasteiger partial charge in [0.25, 0.3) is 0 Å². The first-order valence-corrected chi connectivity index (χ1v) is 12.1. The van der Waals surface area contributed by atoms with Gasteiger partial charge < -0.3 is 29.7 Å². The van der Waals surface area contributed by atoms with Gasteiger partial charge in [0.05, 0.1) is 25.2 Å². The van der Waals surface area contributed by atoms with Crippen LogP contribution in [-0.4, -0.2) is 79.7 Å². The summed E-state index contributed by atoms with van der Waals surface area (Å²) in [4.78, 5) is 44.4. The molecule has 0 aromatic heterocycles. The summed E-state index contributed by atoms with van der Waals surface area (Å²) in [6.07, 6.45) is -1.77. The second kappa shape index (κ2) is 15.4. The molecule has 0 aromatic carbocycles. The van der Waals surface area contributed by atoms with Gasteiger partial charge in [-0.25, -0.2) is 14.2 Å². The fourth-order valence-electron chi connectivity index (χ4n) is 2.10. The van der Waals surface area contributed by atoms with Gasteiger partial charge in [0.1, 0.15) is 6.61 Å². The Morgan fingerprint density at radius 2 is 1.84 bits per heavy atom. The van der Waals surface area contributed by atoms with E-state index in [0.29, 0.717) is 12.4 Å². The molecule has 0 saturated carbocycles. The van der Waals surface area contributed by atoms with Crippen molar-refractivity contribution in [1.82, 2.24) is 10.6 Å². The van der Waals surface area contributed by atoms with E-state index in [-0.39, 0.29) is 32.1 Å². The number of rotatable bonds is 15. The molecule has 0 radical (unpaired) electrons. The van der Waals surface area contributed by atoms with Gasteiger partial charge in [0.15, 0.2) is 6.10 Å². The van der Waals surface area contributed by atoms with Crippen molar-refractivity contribution in [3.63, 3.8) is 0 Å². The zero-order valence-corrected chi connectivity index (χ0v) is 20.2. The molecule has 31 heavy (non-hydrogen) atoms. The van der Waals surface area contributed by atoms with Crippen molar-refractivity contribution >= 4 is 36.9 Å². The van der Waals surface area contributed by atoms with Crippen LogP contribution in [0.3, 0.4) is 0 Å². The van der Waals surface area contributed by atoms with Crippen molar-refractivity contribution < 1.29 is 47.1 Å². The van der Waals surface area contributed by atoms with Crippen LogP contribution in [0.2, 0.25) is 0 Å². The van der Waals surface area contributed by atoms with Gasteiger partial charge in [0.2, 0.25) is 5.91 Å². The standard InChI is InChI=1S/C17H33N2O10PS/c1-6-26-17(3,4)10-14(20)19-8-9-27-30(23,24)28-12-13(11-25-15(21)18-5)29-16(22)31-7-2/h13H,6-12H2,1-5H3,(H,18,21)(H,19,20)(H,23,24). The van der Waals surface area contributed by atoms with E-state index in [0.717, 1.165) is 11.8 Å². The summed E-state index contributed by atoms with van der Waals surface area (Å²) in [5.74, 6) is 0.153. The number of nitrogens with one attached hydrogen (secondary N) is 2. The van der Waals surface area contributed by atoms with Gasteiger partial charge in [-0.2, -0.15) is 0 Å². The first-order chi connectivity index (χ1) is 14.4. The molecule has 0 saturated heterocycles. The number of hydrogen-bond donors (Lipinski definition) is 3. The number of thioether (sulfide) groups is 1. The zero-order chi connectivity index (χ0) is 23.9. The summed E-state index contributed by atoms with van der Waals surface area (Å²) in [5, 5.41) is 4.11. The molecule has 0 spiro atoms. The fourth-order valence-corrected chi connectivity index (χ4v) is 3.29. The van der Waals surface area contributed by atoms with Crippen LogP contribution in [0.15, 0.2) is 0 Å². The SMILES string of the molecule is CCOC(C)(C)CC(=O)NCCOP(=O)(O)OCC(COC(=O)NC)OC(=O)SCC. The molecule has 0 aromatic rings. The third-order valence-corrected chi connectivity index (χ3v) is 4.96. The fraction of sp³-hybridized carbons (Fsp3) is 0.824. The van der Waals surface area contributed by atoms with E-state index in [1.54, 1.807) is 20.8 Å². The highest BCUT2D eigenvalue weighted by Gasteiger charge is 2.26. The molecule has 2 atom stereocenters. The molecule has 0 aliphatic heterocycles. The lowest BCUT2D eigenvalue weighted by atomic mass is 10.0. The van der Waals surface area contributed by atoms with Crippen LogP contribution in [-0.2, 0) is 32.6 Å². The Balaban J connectivity index is 4.45. The lowest BCUT2D eigenvalue weighted by molar-refractivity contribution is -0.127. The highest BCUT2D eigenvalue weighted by Crippen LogP contribution is 2.43. The molecular weight excluding hydrogens is 455 g/mol. The van der Waals surface area contributed by atoms with E-state index in [4.69, 9.17) is 23.3 Å². The summed E-state index contributed by atoms with van der Waals surface area (Å²) >= 11 is 0.874. The van der Waals surface area contributed by atoms with Crippen molar-refractivity contribution in [3.05, 3.63) is 0 Å². The van der Waals surface area contributed by atoms with Crippen LogP contribution >= 0.6 is 19.6 Å². The molecule has 3 N–H and O–H groups in total. The average Bonchev–Trinajstić information content (AvgIpc) is 2.66. The number of carbonyl (C=O) groups excluding carboxylic acids is 3. The molecule has 2 amide bonds.